The third-order valence-electron chi connectivity index (χ3n) is 7.83. The summed E-state index contributed by atoms with van der Waals surface area (Å²) in [6.45, 7) is 1.38. The van der Waals surface area contributed by atoms with Crippen LogP contribution in [0.3, 0.4) is 0 Å². The summed E-state index contributed by atoms with van der Waals surface area (Å²) in [5, 5.41) is 4.52. The summed E-state index contributed by atoms with van der Waals surface area (Å²) in [6.07, 6.45) is 13.6. The maximum absolute atomic E-state index is 13.5. The topological polar surface area (TPSA) is 55.2 Å². The molecule has 2 atom stereocenters. The van der Waals surface area contributed by atoms with Gasteiger partial charge in [-0.2, -0.15) is 5.10 Å². The molecule has 2 fully saturated rings. The Bertz CT molecular complexity index is 975. The zero-order valence-corrected chi connectivity index (χ0v) is 19.3. The van der Waals surface area contributed by atoms with Gasteiger partial charge in [0.15, 0.2) is 0 Å². The van der Waals surface area contributed by atoms with E-state index in [-0.39, 0.29) is 5.25 Å². The monoisotopic (exact) mass is 441 g/mol. The van der Waals surface area contributed by atoms with Gasteiger partial charge in [-0.3, -0.25) is 0 Å². The molecule has 5 nitrogen and oxygen atoms in total. The molecular formula is C25H35N3O2S. The van der Waals surface area contributed by atoms with E-state index in [1.165, 1.54) is 36.9 Å². The molecule has 2 heterocycles. The van der Waals surface area contributed by atoms with E-state index in [2.05, 4.69) is 34.0 Å². The van der Waals surface area contributed by atoms with Crippen LogP contribution in [0.1, 0.15) is 69.0 Å². The Morgan fingerprint density at radius 3 is 2.29 bits per heavy atom. The van der Waals surface area contributed by atoms with Gasteiger partial charge in [-0.1, -0.05) is 56.7 Å². The Labute approximate surface area is 186 Å². The minimum absolute atomic E-state index is 0.165. The molecule has 0 amide bonds. The number of para-hydroxylation sites is 1. The fourth-order valence-electron chi connectivity index (χ4n) is 6.00. The van der Waals surface area contributed by atoms with Crippen molar-refractivity contribution in [2.24, 2.45) is 11.8 Å². The van der Waals surface area contributed by atoms with Gasteiger partial charge in [-0.15, -0.1) is 0 Å². The van der Waals surface area contributed by atoms with Gasteiger partial charge in [0.25, 0.3) is 0 Å². The van der Waals surface area contributed by atoms with Crippen LogP contribution in [0.15, 0.2) is 36.5 Å². The van der Waals surface area contributed by atoms with Gasteiger partial charge in [-0.05, 0) is 61.6 Å². The summed E-state index contributed by atoms with van der Waals surface area (Å²) in [4.78, 5) is 0. The molecule has 1 saturated heterocycles. The molecule has 0 spiro atoms. The van der Waals surface area contributed by atoms with E-state index in [9.17, 15) is 8.42 Å². The molecule has 1 saturated carbocycles. The van der Waals surface area contributed by atoms with Crippen LogP contribution in [0.2, 0.25) is 0 Å². The molecule has 1 aromatic carbocycles. The molecule has 0 radical (unpaired) electrons. The van der Waals surface area contributed by atoms with Crippen molar-refractivity contribution in [2.75, 3.05) is 13.1 Å². The maximum atomic E-state index is 13.5. The van der Waals surface area contributed by atoms with Crippen LogP contribution in [-0.4, -0.2) is 40.8 Å². The molecule has 3 aliphatic rings. The molecule has 2 aromatic rings. The lowest BCUT2D eigenvalue weighted by molar-refractivity contribution is 0.170. The second-order valence-corrected chi connectivity index (χ2v) is 12.0. The third-order valence-corrected chi connectivity index (χ3v) is 10.2. The third kappa shape index (κ3) is 4.34. The zero-order valence-electron chi connectivity index (χ0n) is 18.5. The highest BCUT2D eigenvalue weighted by molar-refractivity contribution is 7.89. The van der Waals surface area contributed by atoms with Crippen LogP contribution >= 0.6 is 0 Å². The summed E-state index contributed by atoms with van der Waals surface area (Å²) in [7, 11) is -3.19. The number of hydrogen-bond acceptors (Lipinski definition) is 3. The van der Waals surface area contributed by atoms with Crippen LogP contribution in [0.25, 0.3) is 5.69 Å². The molecule has 1 aromatic heterocycles. The first-order chi connectivity index (χ1) is 15.1. The fourth-order valence-corrected chi connectivity index (χ4v) is 8.11. The minimum Gasteiger partial charge on any atom is -0.238 e. The van der Waals surface area contributed by atoms with Crippen molar-refractivity contribution in [3.63, 3.8) is 0 Å². The smallest absolute Gasteiger partial charge is 0.216 e. The Kier molecular flexibility index (Phi) is 6.20. The Morgan fingerprint density at radius 2 is 1.55 bits per heavy atom. The summed E-state index contributed by atoms with van der Waals surface area (Å²) in [5.74, 6) is 0.972. The Hall–Kier alpha value is -1.66. The predicted octanol–water partition coefficient (Wildman–Crippen LogP) is 4.74. The standard InChI is InChI=1S/C25H35N3O2S/c29-31(30,24-12-8-3-1-2-4-9-13-24)27-15-14-20-17-25-21(16-22(20)19-27)18-26-28(25)23-10-6-5-7-11-23/h5-7,10-11,18,20,22,24H,1-4,8-9,12-17,19H2. The fraction of sp³-hybridized carbons (Fsp3) is 0.640. The summed E-state index contributed by atoms with van der Waals surface area (Å²) in [6, 6.07) is 10.3. The van der Waals surface area contributed by atoms with Crippen molar-refractivity contribution in [3.05, 3.63) is 47.8 Å². The number of piperidine rings is 1. The van der Waals surface area contributed by atoms with Crippen molar-refractivity contribution in [3.8, 4) is 5.69 Å². The lowest BCUT2D eigenvalue weighted by atomic mass is 9.75. The number of nitrogens with zero attached hydrogens (tertiary/aromatic N) is 3. The molecule has 0 bridgehead atoms. The van der Waals surface area contributed by atoms with Crippen molar-refractivity contribution >= 4 is 10.0 Å². The first-order valence-electron chi connectivity index (χ1n) is 12.2. The lowest BCUT2D eigenvalue weighted by Gasteiger charge is -2.41. The summed E-state index contributed by atoms with van der Waals surface area (Å²) < 4.78 is 31.0. The Morgan fingerprint density at radius 1 is 0.839 bits per heavy atom. The molecule has 2 aliphatic carbocycles. The maximum Gasteiger partial charge on any atom is 0.216 e. The zero-order chi connectivity index (χ0) is 21.3. The van der Waals surface area contributed by atoms with Crippen LogP contribution in [-0.2, 0) is 22.9 Å². The molecule has 6 heteroatoms. The van der Waals surface area contributed by atoms with Gasteiger partial charge < -0.3 is 0 Å². The lowest BCUT2D eigenvalue weighted by Crippen LogP contribution is -2.49. The normalized spacial score (nSPS) is 26.3. The van der Waals surface area contributed by atoms with Gasteiger partial charge in [0, 0.05) is 18.8 Å². The number of hydrogen-bond donors (Lipinski definition) is 0. The van der Waals surface area contributed by atoms with Gasteiger partial charge in [0.2, 0.25) is 10.0 Å². The molecular weight excluding hydrogens is 406 g/mol. The van der Waals surface area contributed by atoms with Crippen LogP contribution in [0.4, 0.5) is 0 Å². The largest absolute Gasteiger partial charge is 0.238 e. The van der Waals surface area contributed by atoms with Crippen LogP contribution < -0.4 is 0 Å². The number of fused-ring (bicyclic) bond motifs is 2. The quantitative estimate of drug-likeness (QED) is 0.691. The van der Waals surface area contributed by atoms with E-state index in [0.717, 1.165) is 50.6 Å². The average Bonchev–Trinajstić information content (AvgIpc) is 3.25. The number of aromatic nitrogens is 2. The SMILES string of the molecule is O=S(=O)(C1CCCCCCCC1)N1CCC2Cc3c(cnn3-c3ccccc3)CC2C1. The van der Waals surface area contributed by atoms with E-state index < -0.39 is 10.0 Å². The van der Waals surface area contributed by atoms with Crippen LogP contribution in [0, 0.1) is 11.8 Å². The van der Waals surface area contributed by atoms with E-state index in [0.29, 0.717) is 24.9 Å². The Balaban J connectivity index is 1.31. The highest BCUT2D eigenvalue weighted by Gasteiger charge is 2.41. The van der Waals surface area contributed by atoms with Crippen molar-refractivity contribution in [1.82, 2.24) is 14.1 Å². The first-order valence-corrected chi connectivity index (χ1v) is 13.7. The van der Waals surface area contributed by atoms with Crippen LogP contribution in [0.5, 0.6) is 0 Å². The van der Waals surface area contributed by atoms with Crippen molar-refractivity contribution in [2.45, 2.75) is 75.9 Å². The molecule has 2 unspecified atom stereocenters. The number of benzene rings is 1. The number of rotatable bonds is 3. The van der Waals surface area contributed by atoms with E-state index in [4.69, 9.17) is 0 Å². The van der Waals surface area contributed by atoms with Gasteiger partial charge >= 0.3 is 0 Å². The van der Waals surface area contributed by atoms with Gasteiger partial charge in [-0.25, -0.2) is 17.4 Å². The van der Waals surface area contributed by atoms with E-state index >= 15 is 0 Å². The number of sulfonamides is 1. The minimum atomic E-state index is -3.19. The molecule has 31 heavy (non-hydrogen) atoms. The predicted molar refractivity (Wildman–Crippen MR) is 124 cm³/mol. The van der Waals surface area contributed by atoms with E-state index in [1.54, 1.807) is 0 Å². The second-order valence-electron chi connectivity index (χ2n) is 9.80. The molecule has 5 rings (SSSR count). The highest BCUT2D eigenvalue weighted by Crippen LogP contribution is 2.38. The van der Waals surface area contributed by atoms with Crippen molar-refractivity contribution < 1.29 is 8.42 Å². The summed E-state index contributed by atoms with van der Waals surface area (Å²) in [5.41, 5.74) is 3.73. The first kappa shape index (κ1) is 21.2. The van der Waals surface area contributed by atoms with Crippen molar-refractivity contribution in [1.29, 1.82) is 0 Å². The molecule has 168 valence electrons. The molecule has 1 aliphatic heterocycles. The second kappa shape index (κ2) is 9.07. The van der Waals surface area contributed by atoms with Gasteiger partial charge in [0.1, 0.15) is 0 Å². The average molecular weight is 442 g/mol. The van der Waals surface area contributed by atoms with E-state index in [1.807, 2.05) is 16.6 Å². The summed E-state index contributed by atoms with van der Waals surface area (Å²) >= 11 is 0. The highest BCUT2D eigenvalue weighted by atomic mass is 32.2. The molecule has 0 N–H and O–H groups in total. The van der Waals surface area contributed by atoms with Gasteiger partial charge in [0.05, 0.1) is 17.1 Å².